The first kappa shape index (κ1) is 17.1. The van der Waals surface area contributed by atoms with Crippen molar-refractivity contribution in [2.75, 3.05) is 5.75 Å². The molecule has 0 amide bonds. The van der Waals surface area contributed by atoms with Crippen molar-refractivity contribution in [1.29, 1.82) is 0 Å². The molecule has 0 atom stereocenters. The lowest BCUT2D eigenvalue weighted by Gasteiger charge is -2.08. The number of rotatable bonds is 7. The molecule has 3 aromatic heterocycles. The fourth-order valence-corrected chi connectivity index (χ4v) is 4.12. The molecule has 3 aromatic rings. The van der Waals surface area contributed by atoms with E-state index in [1.807, 2.05) is 12.1 Å². The molecular weight excluding hydrogens is 364 g/mol. The molecule has 5 nitrogen and oxygen atoms in total. The van der Waals surface area contributed by atoms with Crippen LogP contribution in [0.3, 0.4) is 0 Å². The van der Waals surface area contributed by atoms with Crippen LogP contribution in [0.4, 0.5) is 0 Å². The Morgan fingerprint density at radius 2 is 2.04 bits per heavy atom. The van der Waals surface area contributed by atoms with Gasteiger partial charge in [-0.2, -0.15) is 0 Å². The van der Waals surface area contributed by atoms with E-state index < -0.39 is 0 Å². The van der Waals surface area contributed by atoms with Crippen molar-refractivity contribution in [3.05, 3.63) is 45.9 Å². The maximum Gasteiger partial charge on any atom is 0.191 e. The van der Waals surface area contributed by atoms with Gasteiger partial charge in [-0.25, -0.2) is 0 Å². The van der Waals surface area contributed by atoms with Crippen LogP contribution in [-0.4, -0.2) is 31.3 Å². The minimum atomic E-state index is 0.0495. The molecule has 0 spiro atoms. The number of Topliss-reactive ketones (excluding diaryl/α,β-unsaturated/α-hetero) is 1. The Labute approximate surface area is 153 Å². The van der Waals surface area contributed by atoms with Crippen LogP contribution in [0.2, 0.25) is 4.34 Å². The van der Waals surface area contributed by atoms with Crippen LogP contribution in [0.5, 0.6) is 0 Å². The van der Waals surface area contributed by atoms with Crippen molar-refractivity contribution in [3.8, 4) is 11.4 Å². The number of carbonyl (C=O) groups excluding carboxylic acids is 1. The number of thioether (sulfide) groups is 1. The van der Waals surface area contributed by atoms with E-state index in [-0.39, 0.29) is 5.78 Å². The molecule has 3 heterocycles. The van der Waals surface area contributed by atoms with Crippen molar-refractivity contribution in [3.63, 3.8) is 0 Å². The Morgan fingerprint density at radius 3 is 2.71 bits per heavy atom. The summed E-state index contributed by atoms with van der Waals surface area (Å²) in [5.74, 6) is 1.16. The summed E-state index contributed by atoms with van der Waals surface area (Å²) >= 11 is 8.59. The minimum Gasteiger partial charge on any atom is -0.302 e. The summed E-state index contributed by atoms with van der Waals surface area (Å²) in [6.45, 7) is 2.90. The summed E-state index contributed by atoms with van der Waals surface area (Å²) in [7, 11) is 0. The Morgan fingerprint density at radius 1 is 1.25 bits per heavy atom. The van der Waals surface area contributed by atoms with E-state index in [0.717, 1.165) is 29.5 Å². The van der Waals surface area contributed by atoms with Gasteiger partial charge in [-0.05, 0) is 30.7 Å². The third kappa shape index (κ3) is 3.85. The molecule has 8 heteroatoms. The SMILES string of the molecule is CCCn1c(SCC(=O)c2ccc(Cl)s2)nnc1-c1ccncc1. The number of aromatic nitrogens is 4. The zero-order valence-electron chi connectivity index (χ0n) is 13.0. The van der Waals surface area contributed by atoms with Crippen LogP contribution in [0, 0.1) is 0 Å². The Hall–Kier alpha value is -1.70. The molecule has 0 saturated carbocycles. The molecule has 0 N–H and O–H groups in total. The standard InChI is InChI=1S/C16H15ClN4OS2/c1-2-9-21-15(11-5-7-18-8-6-11)19-20-16(21)23-10-12(22)13-3-4-14(17)24-13/h3-8H,2,9-10H2,1H3. The average molecular weight is 379 g/mol. The van der Waals surface area contributed by atoms with Gasteiger partial charge in [0.2, 0.25) is 0 Å². The molecular formula is C16H15ClN4OS2. The van der Waals surface area contributed by atoms with Gasteiger partial charge in [-0.15, -0.1) is 21.5 Å². The number of pyridine rings is 1. The number of hydrogen-bond acceptors (Lipinski definition) is 6. The van der Waals surface area contributed by atoms with Gasteiger partial charge < -0.3 is 4.57 Å². The van der Waals surface area contributed by atoms with Crippen molar-refractivity contribution < 1.29 is 4.79 Å². The smallest absolute Gasteiger partial charge is 0.191 e. The fraction of sp³-hybridized carbons (Fsp3) is 0.250. The molecule has 0 fully saturated rings. The number of nitrogens with zero attached hydrogens (tertiary/aromatic N) is 4. The first-order chi connectivity index (χ1) is 11.7. The number of thiophene rings is 1. The van der Waals surface area contributed by atoms with Gasteiger partial charge in [-0.3, -0.25) is 9.78 Å². The largest absolute Gasteiger partial charge is 0.302 e. The first-order valence-corrected chi connectivity index (χ1v) is 9.62. The van der Waals surface area contributed by atoms with E-state index in [1.54, 1.807) is 24.5 Å². The summed E-state index contributed by atoms with van der Waals surface area (Å²) in [4.78, 5) is 16.9. The third-order valence-electron chi connectivity index (χ3n) is 3.28. The van der Waals surface area contributed by atoms with Crippen LogP contribution in [0.1, 0.15) is 23.0 Å². The van der Waals surface area contributed by atoms with Crippen LogP contribution in [-0.2, 0) is 6.54 Å². The molecule has 0 bridgehead atoms. The van der Waals surface area contributed by atoms with Crippen LogP contribution >= 0.6 is 34.7 Å². The lowest BCUT2D eigenvalue weighted by atomic mass is 10.2. The maximum absolute atomic E-state index is 12.2. The van der Waals surface area contributed by atoms with E-state index in [1.165, 1.54) is 23.1 Å². The Kier molecular flexibility index (Phi) is 5.65. The van der Waals surface area contributed by atoms with Crippen molar-refractivity contribution >= 4 is 40.5 Å². The molecule has 0 aliphatic rings. The van der Waals surface area contributed by atoms with E-state index in [9.17, 15) is 4.79 Å². The first-order valence-electron chi connectivity index (χ1n) is 7.44. The van der Waals surface area contributed by atoms with E-state index >= 15 is 0 Å². The van der Waals surface area contributed by atoms with Gasteiger partial charge >= 0.3 is 0 Å². The summed E-state index contributed by atoms with van der Waals surface area (Å²) in [6.07, 6.45) is 4.42. The highest BCUT2D eigenvalue weighted by Gasteiger charge is 2.16. The van der Waals surface area contributed by atoms with Gasteiger partial charge in [-0.1, -0.05) is 30.3 Å². The number of carbonyl (C=O) groups is 1. The van der Waals surface area contributed by atoms with Gasteiger partial charge in [0.25, 0.3) is 0 Å². The normalized spacial score (nSPS) is 10.9. The molecule has 3 rings (SSSR count). The second-order valence-corrected chi connectivity index (χ2v) is 7.67. The maximum atomic E-state index is 12.2. The van der Waals surface area contributed by atoms with Crippen LogP contribution in [0.15, 0.2) is 41.8 Å². The summed E-state index contributed by atoms with van der Waals surface area (Å²) in [5, 5.41) is 9.31. The highest BCUT2D eigenvalue weighted by Crippen LogP contribution is 2.27. The van der Waals surface area contributed by atoms with Gasteiger partial charge in [0.1, 0.15) is 0 Å². The highest BCUT2D eigenvalue weighted by atomic mass is 35.5. The molecule has 0 unspecified atom stereocenters. The Bertz CT molecular complexity index is 832. The van der Waals surface area contributed by atoms with Gasteiger partial charge in [0.05, 0.1) is 15.0 Å². The summed E-state index contributed by atoms with van der Waals surface area (Å²) in [5.41, 5.74) is 0.967. The molecule has 0 radical (unpaired) electrons. The van der Waals surface area contributed by atoms with Gasteiger partial charge in [0.15, 0.2) is 16.8 Å². The van der Waals surface area contributed by atoms with E-state index in [2.05, 4.69) is 26.7 Å². The van der Waals surface area contributed by atoms with Crippen molar-refractivity contribution in [2.24, 2.45) is 0 Å². The predicted octanol–water partition coefficient (Wildman–Crippen LogP) is 4.44. The average Bonchev–Trinajstić information content (AvgIpc) is 3.20. The topological polar surface area (TPSA) is 60.7 Å². The van der Waals surface area contributed by atoms with Crippen LogP contribution < -0.4 is 0 Å². The quantitative estimate of drug-likeness (QED) is 0.449. The highest BCUT2D eigenvalue weighted by molar-refractivity contribution is 7.99. The predicted molar refractivity (Wildman–Crippen MR) is 97.9 cm³/mol. The third-order valence-corrected chi connectivity index (χ3v) is 5.52. The molecule has 0 saturated heterocycles. The molecule has 0 aliphatic carbocycles. The lowest BCUT2D eigenvalue weighted by Crippen LogP contribution is -2.05. The zero-order chi connectivity index (χ0) is 16.9. The second kappa shape index (κ2) is 7.92. The van der Waals surface area contributed by atoms with E-state index in [0.29, 0.717) is 15.0 Å². The number of halogens is 1. The van der Waals surface area contributed by atoms with Crippen molar-refractivity contribution in [1.82, 2.24) is 19.7 Å². The monoisotopic (exact) mass is 378 g/mol. The number of ketones is 1. The van der Waals surface area contributed by atoms with Crippen molar-refractivity contribution in [2.45, 2.75) is 25.0 Å². The summed E-state index contributed by atoms with van der Waals surface area (Å²) in [6, 6.07) is 7.31. The second-order valence-electron chi connectivity index (χ2n) is 5.01. The summed E-state index contributed by atoms with van der Waals surface area (Å²) < 4.78 is 2.67. The van der Waals surface area contributed by atoms with E-state index in [4.69, 9.17) is 11.6 Å². The Balaban J connectivity index is 1.78. The minimum absolute atomic E-state index is 0.0495. The molecule has 24 heavy (non-hydrogen) atoms. The lowest BCUT2D eigenvalue weighted by molar-refractivity contribution is 0.102. The van der Waals surface area contributed by atoms with Crippen LogP contribution in [0.25, 0.3) is 11.4 Å². The molecule has 124 valence electrons. The molecule has 0 aliphatic heterocycles. The van der Waals surface area contributed by atoms with Gasteiger partial charge in [0, 0.05) is 24.5 Å². The molecule has 0 aromatic carbocycles. The number of hydrogen-bond donors (Lipinski definition) is 0. The fourth-order valence-electron chi connectivity index (χ4n) is 2.20. The zero-order valence-corrected chi connectivity index (χ0v) is 15.4.